The fourth-order valence-corrected chi connectivity index (χ4v) is 2.38. The maximum absolute atomic E-state index is 13.7. The first-order valence-corrected chi connectivity index (χ1v) is 7.92. The number of nitrogens with one attached hydrogen (secondary N) is 1. The molecule has 0 aliphatic heterocycles. The molecule has 0 spiro atoms. The molecule has 0 heterocycles. The molecule has 5 nitrogen and oxygen atoms in total. The van der Waals surface area contributed by atoms with E-state index in [0.717, 1.165) is 11.1 Å². The van der Waals surface area contributed by atoms with Gasteiger partial charge in [-0.2, -0.15) is 5.26 Å². The Bertz CT molecular complexity index is 759. The van der Waals surface area contributed by atoms with Gasteiger partial charge >= 0.3 is 0 Å². The Labute approximate surface area is 146 Å². The van der Waals surface area contributed by atoms with Crippen LogP contribution in [0.2, 0.25) is 0 Å². The lowest BCUT2D eigenvalue weighted by Gasteiger charge is -2.16. The van der Waals surface area contributed by atoms with E-state index in [-0.39, 0.29) is 24.8 Å². The molecule has 0 aliphatic rings. The van der Waals surface area contributed by atoms with Crippen molar-refractivity contribution in [3.63, 3.8) is 0 Å². The number of aliphatic hydroxyl groups excluding tert-OH is 1. The van der Waals surface area contributed by atoms with Gasteiger partial charge in [0.1, 0.15) is 18.5 Å². The summed E-state index contributed by atoms with van der Waals surface area (Å²) < 4.78 is 24.4. The normalized spacial score (nSPS) is 11.6. The van der Waals surface area contributed by atoms with Gasteiger partial charge in [0.2, 0.25) is 0 Å². The standard InChI is InChI=1S/C19H21FN2O3/c1-13(15-4-5-16(11-21)17(20)10-15)22-12-14-3-6-18(25-8-7-23)19(9-14)24-2/h3-6,9-10,13,22-23H,7-8,12H2,1-2H3. The third-order valence-electron chi connectivity index (χ3n) is 3.80. The molecule has 6 heteroatoms. The maximum atomic E-state index is 13.7. The molecule has 0 saturated carbocycles. The molecule has 132 valence electrons. The van der Waals surface area contributed by atoms with Crippen LogP contribution in [0.3, 0.4) is 0 Å². The number of nitrogens with zero attached hydrogens (tertiary/aromatic N) is 1. The van der Waals surface area contributed by atoms with Crippen LogP contribution < -0.4 is 14.8 Å². The van der Waals surface area contributed by atoms with E-state index in [1.807, 2.05) is 25.1 Å². The average molecular weight is 344 g/mol. The Morgan fingerprint density at radius 1 is 1.24 bits per heavy atom. The first-order valence-electron chi connectivity index (χ1n) is 7.92. The van der Waals surface area contributed by atoms with Crippen LogP contribution in [0.1, 0.15) is 29.7 Å². The summed E-state index contributed by atoms with van der Waals surface area (Å²) in [6.45, 7) is 2.62. The SMILES string of the molecule is COc1cc(CNC(C)c2ccc(C#N)c(F)c2)ccc1OCCO. The average Bonchev–Trinajstić information content (AvgIpc) is 2.64. The molecule has 0 aromatic heterocycles. The van der Waals surface area contributed by atoms with Crippen molar-refractivity contribution in [2.45, 2.75) is 19.5 Å². The van der Waals surface area contributed by atoms with Gasteiger partial charge in [-0.3, -0.25) is 0 Å². The zero-order valence-electron chi connectivity index (χ0n) is 14.3. The Balaban J connectivity index is 2.03. The Kier molecular flexibility index (Phi) is 6.75. The summed E-state index contributed by atoms with van der Waals surface area (Å²) >= 11 is 0. The van der Waals surface area contributed by atoms with Crippen LogP contribution in [-0.2, 0) is 6.54 Å². The van der Waals surface area contributed by atoms with Crippen molar-refractivity contribution in [1.82, 2.24) is 5.32 Å². The van der Waals surface area contributed by atoms with Crippen molar-refractivity contribution in [3.8, 4) is 17.6 Å². The van der Waals surface area contributed by atoms with Crippen molar-refractivity contribution >= 4 is 0 Å². The monoisotopic (exact) mass is 344 g/mol. The van der Waals surface area contributed by atoms with Crippen LogP contribution in [0.4, 0.5) is 4.39 Å². The molecule has 0 aliphatic carbocycles. The number of hydrogen-bond acceptors (Lipinski definition) is 5. The van der Waals surface area contributed by atoms with Gasteiger partial charge in [0, 0.05) is 12.6 Å². The number of methoxy groups -OCH3 is 1. The minimum Gasteiger partial charge on any atom is -0.493 e. The fraction of sp³-hybridized carbons (Fsp3) is 0.316. The molecule has 0 radical (unpaired) electrons. The van der Waals surface area contributed by atoms with E-state index in [0.29, 0.717) is 18.0 Å². The third kappa shape index (κ3) is 4.92. The molecule has 2 aromatic rings. The van der Waals surface area contributed by atoms with Gasteiger partial charge in [0.25, 0.3) is 0 Å². The lowest BCUT2D eigenvalue weighted by Crippen LogP contribution is -2.18. The van der Waals surface area contributed by atoms with E-state index in [2.05, 4.69) is 5.32 Å². The highest BCUT2D eigenvalue weighted by Gasteiger charge is 2.10. The van der Waals surface area contributed by atoms with Gasteiger partial charge in [-0.1, -0.05) is 12.1 Å². The lowest BCUT2D eigenvalue weighted by atomic mass is 10.1. The van der Waals surface area contributed by atoms with Crippen LogP contribution >= 0.6 is 0 Å². The quantitative estimate of drug-likeness (QED) is 0.770. The number of rotatable bonds is 8. The summed E-state index contributed by atoms with van der Waals surface area (Å²) in [6, 6.07) is 11.9. The second-order valence-electron chi connectivity index (χ2n) is 5.51. The molecule has 1 atom stereocenters. The molecule has 2 aromatic carbocycles. The zero-order chi connectivity index (χ0) is 18.2. The van der Waals surface area contributed by atoms with Crippen LogP contribution in [-0.4, -0.2) is 25.4 Å². The van der Waals surface area contributed by atoms with Crippen LogP contribution in [0.5, 0.6) is 11.5 Å². The second-order valence-corrected chi connectivity index (χ2v) is 5.51. The summed E-state index contributed by atoms with van der Waals surface area (Å²) in [4.78, 5) is 0. The summed E-state index contributed by atoms with van der Waals surface area (Å²) in [5.41, 5.74) is 1.79. The van der Waals surface area contributed by atoms with E-state index < -0.39 is 5.82 Å². The molecule has 25 heavy (non-hydrogen) atoms. The molecule has 0 bridgehead atoms. The molecule has 1 unspecified atom stereocenters. The largest absolute Gasteiger partial charge is 0.493 e. The van der Waals surface area contributed by atoms with Gasteiger partial charge in [-0.25, -0.2) is 4.39 Å². The highest BCUT2D eigenvalue weighted by Crippen LogP contribution is 2.28. The van der Waals surface area contributed by atoms with Gasteiger partial charge in [-0.05, 0) is 42.3 Å². The van der Waals surface area contributed by atoms with Crippen molar-refractivity contribution in [1.29, 1.82) is 5.26 Å². The van der Waals surface area contributed by atoms with E-state index in [9.17, 15) is 4.39 Å². The van der Waals surface area contributed by atoms with E-state index in [4.69, 9.17) is 19.8 Å². The molecule has 0 amide bonds. The predicted octanol–water partition coefficient (Wildman–Crippen LogP) is 2.93. The van der Waals surface area contributed by atoms with Crippen LogP contribution in [0.15, 0.2) is 36.4 Å². The number of hydrogen-bond donors (Lipinski definition) is 2. The van der Waals surface area contributed by atoms with E-state index in [1.54, 1.807) is 19.2 Å². The molecule has 0 saturated heterocycles. The minimum atomic E-state index is -0.513. The Morgan fingerprint density at radius 3 is 2.68 bits per heavy atom. The third-order valence-corrected chi connectivity index (χ3v) is 3.80. The highest BCUT2D eigenvalue weighted by molar-refractivity contribution is 5.43. The number of nitriles is 1. The molecule has 0 fully saturated rings. The smallest absolute Gasteiger partial charge is 0.161 e. The van der Waals surface area contributed by atoms with Crippen molar-refractivity contribution in [2.24, 2.45) is 0 Å². The lowest BCUT2D eigenvalue weighted by molar-refractivity contribution is 0.196. The fourth-order valence-electron chi connectivity index (χ4n) is 2.38. The second kappa shape index (κ2) is 9.02. The van der Waals surface area contributed by atoms with Crippen molar-refractivity contribution < 1.29 is 19.0 Å². The topological polar surface area (TPSA) is 74.5 Å². The molecular weight excluding hydrogens is 323 g/mol. The van der Waals surface area contributed by atoms with Gasteiger partial charge in [-0.15, -0.1) is 0 Å². The Hall–Kier alpha value is -2.62. The minimum absolute atomic E-state index is 0.0409. The number of ether oxygens (including phenoxy) is 2. The van der Waals surface area contributed by atoms with Crippen LogP contribution in [0, 0.1) is 17.1 Å². The van der Waals surface area contributed by atoms with Gasteiger partial charge in [0.05, 0.1) is 19.3 Å². The number of halogens is 1. The van der Waals surface area contributed by atoms with Gasteiger partial charge in [0.15, 0.2) is 11.5 Å². The molecule has 2 N–H and O–H groups in total. The number of benzene rings is 2. The zero-order valence-corrected chi connectivity index (χ0v) is 14.3. The molecular formula is C19H21FN2O3. The van der Waals surface area contributed by atoms with Gasteiger partial charge < -0.3 is 19.9 Å². The number of aliphatic hydroxyl groups is 1. The first-order chi connectivity index (χ1) is 12.1. The van der Waals surface area contributed by atoms with Crippen LogP contribution in [0.25, 0.3) is 0 Å². The summed E-state index contributed by atoms with van der Waals surface area (Å²) in [6.07, 6.45) is 0. The van der Waals surface area contributed by atoms with E-state index in [1.165, 1.54) is 12.1 Å². The maximum Gasteiger partial charge on any atom is 0.161 e. The van der Waals surface area contributed by atoms with E-state index >= 15 is 0 Å². The summed E-state index contributed by atoms with van der Waals surface area (Å²) in [7, 11) is 1.56. The highest BCUT2D eigenvalue weighted by atomic mass is 19.1. The van der Waals surface area contributed by atoms with Crippen molar-refractivity contribution in [3.05, 3.63) is 58.9 Å². The molecule has 2 rings (SSSR count). The first kappa shape index (κ1) is 18.7. The van der Waals surface area contributed by atoms with Crippen molar-refractivity contribution in [2.75, 3.05) is 20.3 Å². The summed E-state index contributed by atoms with van der Waals surface area (Å²) in [5, 5.41) is 20.9. The summed E-state index contributed by atoms with van der Waals surface area (Å²) in [5.74, 6) is 0.646. The Morgan fingerprint density at radius 2 is 2.04 bits per heavy atom. The predicted molar refractivity (Wildman–Crippen MR) is 91.9 cm³/mol.